The fourth-order valence-electron chi connectivity index (χ4n) is 3.78. The Morgan fingerprint density at radius 2 is 2.14 bits per heavy atom. The number of ether oxygens (including phenoxy) is 2. The van der Waals surface area contributed by atoms with Crippen LogP contribution in [0.15, 0.2) is 18.2 Å². The van der Waals surface area contributed by atoms with Crippen LogP contribution in [0.2, 0.25) is 0 Å². The largest absolute Gasteiger partial charge is 0.495 e. The van der Waals surface area contributed by atoms with Gasteiger partial charge in [-0.2, -0.15) is 0 Å². The maximum Gasteiger partial charge on any atom is 0.168 e. The Balaban J connectivity index is 1.82. The highest BCUT2D eigenvalue weighted by molar-refractivity contribution is 6.03. The van der Waals surface area contributed by atoms with Crippen molar-refractivity contribution in [3.63, 3.8) is 0 Å². The van der Waals surface area contributed by atoms with Crippen molar-refractivity contribution < 1.29 is 14.3 Å². The molecule has 3 rings (SSSR count). The van der Waals surface area contributed by atoms with Gasteiger partial charge in [0, 0.05) is 18.1 Å². The van der Waals surface area contributed by atoms with Gasteiger partial charge < -0.3 is 15.2 Å². The Morgan fingerprint density at radius 1 is 1.38 bits per heavy atom. The molecular formula is C17H23NO3. The normalized spacial score (nSPS) is 24.1. The van der Waals surface area contributed by atoms with Gasteiger partial charge in [0.25, 0.3) is 0 Å². The van der Waals surface area contributed by atoms with Crippen LogP contribution in [0.5, 0.6) is 5.75 Å². The molecule has 1 aromatic rings. The molecule has 2 fully saturated rings. The number of rotatable bonds is 3. The summed E-state index contributed by atoms with van der Waals surface area (Å²) in [5, 5.41) is 0. The quantitative estimate of drug-likeness (QED) is 0.685. The number of methoxy groups -OCH3 is 1. The highest BCUT2D eigenvalue weighted by Gasteiger charge is 2.42. The summed E-state index contributed by atoms with van der Waals surface area (Å²) >= 11 is 0. The van der Waals surface area contributed by atoms with Gasteiger partial charge in [-0.15, -0.1) is 0 Å². The van der Waals surface area contributed by atoms with E-state index in [4.69, 9.17) is 15.2 Å². The van der Waals surface area contributed by atoms with E-state index in [2.05, 4.69) is 0 Å². The van der Waals surface area contributed by atoms with Gasteiger partial charge in [0.15, 0.2) is 5.78 Å². The molecule has 2 aliphatic rings. The SMILES string of the molecule is COc1cccc(C(=O)C2CCOC3(CCCC3)C2)c1N. The molecular weight excluding hydrogens is 266 g/mol. The summed E-state index contributed by atoms with van der Waals surface area (Å²) in [6, 6.07) is 5.42. The van der Waals surface area contributed by atoms with E-state index in [-0.39, 0.29) is 17.3 Å². The number of hydrogen-bond donors (Lipinski definition) is 1. The van der Waals surface area contributed by atoms with Gasteiger partial charge in [-0.1, -0.05) is 18.9 Å². The maximum absolute atomic E-state index is 12.8. The first-order valence-electron chi connectivity index (χ1n) is 7.76. The van der Waals surface area contributed by atoms with Crippen LogP contribution in [-0.2, 0) is 4.74 Å². The summed E-state index contributed by atoms with van der Waals surface area (Å²) in [6.07, 6.45) is 6.22. The Hall–Kier alpha value is -1.55. The number of carbonyl (C=O) groups is 1. The number of ketones is 1. The van der Waals surface area contributed by atoms with E-state index in [1.165, 1.54) is 12.8 Å². The Labute approximate surface area is 125 Å². The monoisotopic (exact) mass is 289 g/mol. The molecule has 4 heteroatoms. The fourth-order valence-corrected chi connectivity index (χ4v) is 3.78. The first-order valence-corrected chi connectivity index (χ1v) is 7.76. The molecule has 1 saturated heterocycles. The third kappa shape index (κ3) is 2.64. The molecule has 1 aliphatic heterocycles. The third-order valence-corrected chi connectivity index (χ3v) is 4.93. The standard InChI is InChI=1S/C17H23NO3/c1-20-14-6-4-5-13(15(14)18)16(19)12-7-10-21-17(11-12)8-2-3-9-17/h4-6,12H,2-3,7-11,18H2,1H3. The van der Waals surface area contributed by atoms with Crippen LogP contribution in [0.4, 0.5) is 5.69 Å². The molecule has 0 amide bonds. The topological polar surface area (TPSA) is 61.5 Å². The van der Waals surface area contributed by atoms with Crippen LogP contribution in [-0.4, -0.2) is 25.1 Å². The predicted octanol–water partition coefficient (Wildman–Crippen LogP) is 3.20. The number of benzene rings is 1. The lowest BCUT2D eigenvalue weighted by Gasteiger charge is -2.37. The van der Waals surface area contributed by atoms with Gasteiger partial charge in [-0.3, -0.25) is 4.79 Å². The first kappa shape index (κ1) is 14.4. The lowest BCUT2D eigenvalue weighted by Crippen LogP contribution is -2.39. The van der Waals surface area contributed by atoms with Crippen molar-refractivity contribution in [2.24, 2.45) is 5.92 Å². The summed E-state index contributed by atoms with van der Waals surface area (Å²) in [4.78, 5) is 12.8. The third-order valence-electron chi connectivity index (χ3n) is 4.93. The van der Waals surface area contributed by atoms with Crippen LogP contribution in [0.3, 0.4) is 0 Å². The minimum Gasteiger partial charge on any atom is -0.495 e. The Bertz CT molecular complexity index is 535. The first-order chi connectivity index (χ1) is 10.2. The van der Waals surface area contributed by atoms with Gasteiger partial charge in [0.2, 0.25) is 0 Å². The number of nitrogen functional groups attached to an aromatic ring is 1. The summed E-state index contributed by atoms with van der Waals surface area (Å²) < 4.78 is 11.2. The predicted molar refractivity (Wildman–Crippen MR) is 81.6 cm³/mol. The summed E-state index contributed by atoms with van der Waals surface area (Å²) in [6.45, 7) is 0.681. The Kier molecular flexibility index (Phi) is 3.89. The lowest BCUT2D eigenvalue weighted by atomic mass is 9.80. The van der Waals surface area contributed by atoms with Gasteiger partial charge in [0.05, 0.1) is 18.4 Å². The summed E-state index contributed by atoms with van der Waals surface area (Å²) in [7, 11) is 1.57. The molecule has 1 heterocycles. The second-order valence-electron chi connectivity index (χ2n) is 6.21. The fraction of sp³-hybridized carbons (Fsp3) is 0.588. The van der Waals surface area contributed by atoms with Crippen LogP contribution in [0.25, 0.3) is 0 Å². The molecule has 21 heavy (non-hydrogen) atoms. The van der Waals surface area contributed by atoms with Crippen molar-refractivity contribution in [3.05, 3.63) is 23.8 Å². The van der Waals surface area contributed by atoms with Gasteiger partial charge in [-0.25, -0.2) is 0 Å². The molecule has 1 aliphatic carbocycles. The molecule has 1 aromatic carbocycles. The molecule has 0 bridgehead atoms. The second kappa shape index (κ2) is 5.68. The molecule has 0 radical (unpaired) electrons. The number of para-hydroxylation sites is 1. The molecule has 4 nitrogen and oxygen atoms in total. The molecule has 114 valence electrons. The van der Waals surface area contributed by atoms with Crippen LogP contribution >= 0.6 is 0 Å². The average molecular weight is 289 g/mol. The average Bonchev–Trinajstić information content (AvgIpc) is 2.94. The van der Waals surface area contributed by atoms with Crippen LogP contribution in [0, 0.1) is 5.92 Å². The van der Waals surface area contributed by atoms with Crippen molar-refractivity contribution in [1.29, 1.82) is 0 Å². The van der Waals surface area contributed by atoms with Crippen molar-refractivity contribution in [2.45, 2.75) is 44.1 Å². The number of nitrogens with two attached hydrogens (primary N) is 1. The van der Waals surface area contributed by atoms with Crippen LogP contribution < -0.4 is 10.5 Å². The molecule has 0 aromatic heterocycles. The Morgan fingerprint density at radius 3 is 2.86 bits per heavy atom. The maximum atomic E-state index is 12.8. The number of carbonyl (C=O) groups excluding carboxylic acids is 1. The highest BCUT2D eigenvalue weighted by Crippen LogP contribution is 2.43. The van der Waals surface area contributed by atoms with E-state index in [1.54, 1.807) is 19.2 Å². The minimum atomic E-state index is -0.0494. The number of hydrogen-bond acceptors (Lipinski definition) is 4. The number of anilines is 1. The zero-order valence-electron chi connectivity index (χ0n) is 12.6. The van der Waals surface area contributed by atoms with Crippen molar-refractivity contribution in [2.75, 3.05) is 19.5 Å². The number of Topliss-reactive ketones (excluding diaryl/α,β-unsaturated/α-hetero) is 1. The van der Waals surface area contributed by atoms with Gasteiger partial charge in [-0.05, 0) is 37.8 Å². The molecule has 2 N–H and O–H groups in total. The van der Waals surface area contributed by atoms with Crippen molar-refractivity contribution >= 4 is 11.5 Å². The van der Waals surface area contributed by atoms with Crippen LogP contribution in [0.1, 0.15) is 48.9 Å². The van der Waals surface area contributed by atoms with E-state index in [0.717, 1.165) is 25.7 Å². The summed E-state index contributed by atoms with van der Waals surface area (Å²) in [5.41, 5.74) is 7.07. The van der Waals surface area contributed by atoms with Crippen molar-refractivity contribution in [3.8, 4) is 5.75 Å². The molecule has 1 spiro atoms. The van der Waals surface area contributed by atoms with Gasteiger partial charge in [0.1, 0.15) is 5.75 Å². The molecule has 1 unspecified atom stereocenters. The smallest absolute Gasteiger partial charge is 0.168 e. The lowest BCUT2D eigenvalue weighted by molar-refractivity contribution is -0.0866. The van der Waals surface area contributed by atoms with E-state index in [0.29, 0.717) is 23.6 Å². The zero-order valence-corrected chi connectivity index (χ0v) is 12.6. The van der Waals surface area contributed by atoms with E-state index < -0.39 is 0 Å². The van der Waals surface area contributed by atoms with E-state index >= 15 is 0 Å². The van der Waals surface area contributed by atoms with Crippen molar-refractivity contribution in [1.82, 2.24) is 0 Å². The molecule has 1 saturated carbocycles. The summed E-state index contributed by atoms with van der Waals surface area (Å²) in [5.74, 6) is 0.732. The van der Waals surface area contributed by atoms with E-state index in [9.17, 15) is 4.79 Å². The minimum absolute atomic E-state index is 0.0197. The van der Waals surface area contributed by atoms with E-state index in [1.807, 2.05) is 6.07 Å². The van der Waals surface area contributed by atoms with Gasteiger partial charge >= 0.3 is 0 Å². The molecule has 1 atom stereocenters. The zero-order chi connectivity index (χ0) is 14.9. The second-order valence-corrected chi connectivity index (χ2v) is 6.21. The highest BCUT2D eigenvalue weighted by atomic mass is 16.5.